The molecule has 0 unspecified atom stereocenters. The highest BCUT2D eigenvalue weighted by Crippen LogP contribution is 2.27. The Bertz CT molecular complexity index is 531. The Hall–Kier alpha value is -1.59. The average Bonchev–Trinajstić information content (AvgIpc) is 3.27. The fourth-order valence-electron chi connectivity index (χ4n) is 3.78. The molecule has 2 fully saturated rings. The van der Waals surface area contributed by atoms with Crippen molar-refractivity contribution in [2.45, 2.75) is 63.3 Å². The van der Waals surface area contributed by atoms with E-state index in [2.05, 4.69) is 5.32 Å². The average molecular weight is 332 g/mol. The van der Waals surface area contributed by atoms with Gasteiger partial charge in [0.2, 0.25) is 0 Å². The van der Waals surface area contributed by atoms with E-state index in [9.17, 15) is 9.90 Å². The zero-order valence-electron chi connectivity index (χ0n) is 14.4. The number of rotatable bonds is 5. The van der Waals surface area contributed by atoms with Gasteiger partial charge in [-0.2, -0.15) is 0 Å². The molecule has 2 saturated heterocycles. The highest BCUT2D eigenvalue weighted by molar-refractivity contribution is 5.75. The van der Waals surface area contributed by atoms with Gasteiger partial charge in [0.15, 0.2) is 0 Å². The molecule has 1 aromatic carbocycles. The standard InChI is InChI=1S/C19H28N2O3/c1-14(18-10-6-12-24-18)20-19(23)21-11-5-9-16(21)13-17(22)15-7-3-2-4-8-15/h2-4,7-8,14,16-18,22H,5-6,9-13H2,1H3,(H,20,23)/t14-,16+,17-,18-/m0/s1. The molecular weight excluding hydrogens is 304 g/mol. The molecule has 4 atom stereocenters. The van der Waals surface area contributed by atoms with Crippen LogP contribution in [-0.2, 0) is 4.74 Å². The Morgan fingerprint density at radius 2 is 2.12 bits per heavy atom. The predicted molar refractivity (Wildman–Crippen MR) is 92.7 cm³/mol. The maximum absolute atomic E-state index is 12.6. The summed E-state index contributed by atoms with van der Waals surface area (Å²) in [5.41, 5.74) is 0.914. The minimum absolute atomic E-state index is 0.0271. The topological polar surface area (TPSA) is 61.8 Å². The highest BCUT2D eigenvalue weighted by Gasteiger charge is 2.32. The van der Waals surface area contributed by atoms with Gasteiger partial charge in [0.25, 0.3) is 0 Å². The van der Waals surface area contributed by atoms with Gasteiger partial charge in [0.1, 0.15) is 0 Å². The van der Waals surface area contributed by atoms with Crippen molar-refractivity contribution >= 4 is 6.03 Å². The fourth-order valence-corrected chi connectivity index (χ4v) is 3.78. The van der Waals surface area contributed by atoms with E-state index in [0.29, 0.717) is 6.42 Å². The third kappa shape index (κ3) is 4.08. The number of nitrogens with one attached hydrogen (secondary N) is 1. The minimum atomic E-state index is -0.528. The summed E-state index contributed by atoms with van der Waals surface area (Å²) >= 11 is 0. The van der Waals surface area contributed by atoms with Gasteiger partial charge < -0.3 is 20.1 Å². The molecule has 2 amide bonds. The minimum Gasteiger partial charge on any atom is -0.388 e. The number of aliphatic hydroxyl groups excluding tert-OH is 1. The highest BCUT2D eigenvalue weighted by atomic mass is 16.5. The first-order valence-corrected chi connectivity index (χ1v) is 9.07. The van der Waals surface area contributed by atoms with Crippen molar-refractivity contribution in [3.8, 4) is 0 Å². The van der Waals surface area contributed by atoms with E-state index in [4.69, 9.17) is 4.74 Å². The molecule has 0 saturated carbocycles. The normalized spacial score (nSPS) is 26.3. The van der Waals surface area contributed by atoms with Gasteiger partial charge in [-0.1, -0.05) is 30.3 Å². The molecule has 1 aromatic rings. The van der Waals surface area contributed by atoms with Crippen LogP contribution in [-0.4, -0.2) is 47.4 Å². The summed E-state index contributed by atoms with van der Waals surface area (Å²) in [6.45, 7) is 3.56. The number of hydrogen-bond donors (Lipinski definition) is 2. The lowest BCUT2D eigenvalue weighted by Crippen LogP contribution is -2.49. The molecule has 132 valence electrons. The van der Waals surface area contributed by atoms with Gasteiger partial charge in [-0.05, 0) is 44.6 Å². The van der Waals surface area contributed by atoms with Crippen LogP contribution in [0.5, 0.6) is 0 Å². The Kier molecular flexibility index (Phi) is 5.74. The van der Waals surface area contributed by atoms with Crippen molar-refractivity contribution in [3.63, 3.8) is 0 Å². The monoisotopic (exact) mass is 332 g/mol. The second-order valence-corrected chi connectivity index (χ2v) is 6.94. The molecule has 0 aromatic heterocycles. The van der Waals surface area contributed by atoms with Crippen molar-refractivity contribution in [2.75, 3.05) is 13.2 Å². The van der Waals surface area contributed by atoms with Gasteiger partial charge in [0.05, 0.1) is 18.2 Å². The van der Waals surface area contributed by atoms with Gasteiger partial charge in [-0.3, -0.25) is 0 Å². The molecule has 2 aliphatic heterocycles. The van der Waals surface area contributed by atoms with Crippen LogP contribution in [0.3, 0.4) is 0 Å². The second-order valence-electron chi connectivity index (χ2n) is 6.94. The number of urea groups is 1. The molecule has 2 heterocycles. The van der Waals surface area contributed by atoms with E-state index in [1.807, 2.05) is 42.2 Å². The summed E-state index contributed by atoms with van der Waals surface area (Å²) in [4.78, 5) is 14.5. The molecule has 5 nitrogen and oxygen atoms in total. The zero-order chi connectivity index (χ0) is 16.9. The third-order valence-corrected chi connectivity index (χ3v) is 5.19. The van der Waals surface area contributed by atoms with Gasteiger partial charge >= 0.3 is 6.03 Å². The summed E-state index contributed by atoms with van der Waals surface area (Å²) in [6.07, 6.45) is 4.22. The fraction of sp³-hybridized carbons (Fsp3) is 0.632. The lowest BCUT2D eigenvalue weighted by molar-refractivity contribution is 0.0810. The van der Waals surface area contributed by atoms with Crippen molar-refractivity contribution in [3.05, 3.63) is 35.9 Å². The van der Waals surface area contributed by atoms with Crippen LogP contribution in [0.1, 0.15) is 50.7 Å². The molecule has 0 aliphatic carbocycles. The number of carbonyl (C=O) groups is 1. The number of carbonyl (C=O) groups excluding carboxylic acids is 1. The molecule has 2 aliphatic rings. The van der Waals surface area contributed by atoms with E-state index in [1.165, 1.54) is 0 Å². The van der Waals surface area contributed by atoms with Crippen LogP contribution >= 0.6 is 0 Å². The number of aliphatic hydroxyl groups is 1. The summed E-state index contributed by atoms with van der Waals surface area (Å²) < 4.78 is 5.65. The van der Waals surface area contributed by atoms with Crippen molar-refractivity contribution < 1.29 is 14.6 Å². The molecular formula is C19H28N2O3. The van der Waals surface area contributed by atoms with Gasteiger partial charge in [-0.25, -0.2) is 4.79 Å². The van der Waals surface area contributed by atoms with E-state index < -0.39 is 6.10 Å². The summed E-state index contributed by atoms with van der Waals surface area (Å²) in [6, 6.07) is 9.77. The van der Waals surface area contributed by atoms with E-state index in [1.54, 1.807) is 0 Å². The smallest absolute Gasteiger partial charge is 0.317 e. The van der Waals surface area contributed by atoms with Crippen LogP contribution < -0.4 is 5.32 Å². The van der Waals surface area contributed by atoms with E-state index >= 15 is 0 Å². The number of benzene rings is 1. The van der Waals surface area contributed by atoms with Crippen molar-refractivity contribution in [1.29, 1.82) is 0 Å². The maximum Gasteiger partial charge on any atom is 0.317 e. The summed E-state index contributed by atoms with van der Waals surface area (Å²) in [7, 11) is 0. The Labute approximate surface area is 144 Å². The molecule has 0 bridgehead atoms. The zero-order valence-corrected chi connectivity index (χ0v) is 14.4. The number of hydrogen-bond acceptors (Lipinski definition) is 3. The van der Waals surface area contributed by atoms with Gasteiger partial charge in [0, 0.05) is 19.2 Å². The lowest BCUT2D eigenvalue weighted by Gasteiger charge is -2.29. The number of ether oxygens (including phenoxy) is 1. The number of likely N-dealkylation sites (tertiary alicyclic amines) is 1. The molecule has 2 N–H and O–H groups in total. The van der Waals surface area contributed by atoms with Gasteiger partial charge in [-0.15, -0.1) is 0 Å². The molecule has 24 heavy (non-hydrogen) atoms. The Morgan fingerprint density at radius 1 is 1.33 bits per heavy atom. The van der Waals surface area contributed by atoms with Crippen LogP contribution in [0.4, 0.5) is 4.79 Å². The maximum atomic E-state index is 12.6. The SMILES string of the molecule is C[C@H](NC(=O)N1CCC[C@@H]1C[C@H](O)c1ccccc1)[C@@H]1CCCO1. The lowest BCUT2D eigenvalue weighted by atomic mass is 10.0. The van der Waals surface area contributed by atoms with Crippen LogP contribution in [0.15, 0.2) is 30.3 Å². The van der Waals surface area contributed by atoms with Crippen LogP contribution in [0.25, 0.3) is 0 Å². The quantitative estimate of drug-likeness (QED) is 0.871. The van der Waals surface area contributed by atoms with E-state index in [-0.39, 0.29) is 24.2 Å². The largest absolute Gasteiger partial charge is 0.388 e. The molecule has 0 radical (unpaired) electrons. The number of amides is 2. The second kappa shape index (κ2) is 7.99. The Balaban J connectivity index is 1.55. The summed E-state index contributed by atoms with van der Waals surface area (Å²) in [5, 5.41) is 13.5. The molecule has 0 spiro atoms. The molecule has 5 heteroatoms. The van der Waals surface area contributed by atoms with Crippen LogP contribution in [0, 0.1) is 0 Å². The van der Waals surface area contributed by atoms with E-state index in [0.717, 1.165) is 44.4 Å². The van der Waals surface area contributed by atoms with Crippen LogP contribution in [0.2, 0.25) is 0 Å². The van der Waals surface area contributed by atoms with Crippen molar-refractivity contribution in [2.24, 2.45) is 0 Å². The Morgan fingerprint density at radius 3 is 2.83 bits per heavy atom. The van der Waals surface area contributed by atoms with Crippen molar-refractivity contribution in [1.82, 2.24) is 10.2 Å². The number of nitrogens with zero attached hydrogens (tertiary/aromatic N) is 1. The first-order chi connectivity index (χ1) is 11.6. The first kappa shape index (κ1) is 17.2. The predicted octanol–water partition coefficient (Wildman–Crippen LogP) is 2.85. The summed E-state index contributed by atoms with van der Waals surface area (Å²) in [5.74, 6) is 0. The first-order valence-electron chi connectivity index (χ1n) is 9.07. The third-order valence-electron chi connectivity index (χ3n) is 5.19. The molecule has 3 rings (SSSR count).